The molecule has 0 aliphatic carbocycles. The van der Waals surface area contributed by atoms with Crippen molar-refractivity contribution in [2.45, 2.75) is 6.42 Å². The van der Waals surface area contributed by atoms with Crippen molar-refractivity contribution in [3.63, 3.8) is 0 Å². The van der Waals surface area contributed by atoms with E-state index in [1.54, 1.807) is 0 Å². The van der Waals surface area contributed by atoms with Crippen molar-refractivity contribution in [1.29, 1.82) is 10.5 Å². The van der Waals surface area contributed by atoms with E-state index in [2.05, 4.69) is 9.97 Å². The summed E-state index contributed by atoms with van der Waals surface area (Å²) in [6.45, 7) is 1.96. The minimum atomic E-state index is -0.606. The van der Waals surface area contributed by atoms with E-state index in [0.717, 1.165) is 12.4 Å². The quantitative estimate of drug-likeness (QED) is 0.550. The standard InChI is InChI=1S/C17H14N8O4/c18-8-12-6-14(24(26)27)10-20-16(12)22-2-1-3-23(5-4-22)17-13(9-19)7-15(11-21-17)25(28)29/h6-7,10-11H,1-5H2. The number of hydrogen-bond acceptors (Lipinski definition) is 10. The number of nitriles is 2. The van der Waals surface area contributed by atoms with Crippen LogP contribution >= 0.6 is 0 Å². The van der Waals surface area contributed by atoms with Crippen LogP contribution in [0.1, 0.15) is 17.5 Å². The Morgan fingerprint density at radius 3 is 1.59 bits per heavy atom. The maximum absolute atomic E-state index is 10.9. The molecule has 1 fully saturated rings. The molecule has 1 saturated heterocycles. The van der Waals surface area contributed by atoms with Crippen molar-refractivity contribution in [3.8, 4) is 12.1 Å². The predicted molar refractivity (Wildman–Crippen MR) is 100 cm³/mol. The Bertz CT molecular complexity index is 975. The van der Waals surface area contributed by atoms with Crippen LogP contribution in [0.5, 0.6) is 0 Å². The maximum atomic E-state index is 10.9. The summed E-state index contributed by atoms with van der Waals surface area (Å²) in [5, 5.41) is 40.5. The van der Waals surface area contributed by atoms with Crippen molar-refractivity contribution in [2.24, 2.45) is 0 Å². The number of nitrogens with zero attached hydrogens (tertiary/aromatic N) is 8. The lowest BCUT2D eigenvalue weighted by Crippen LogP contribution is -2.32. The second kappa shape index (κ2) is 8.14. The van der Waals surface area contributed by atoms with Crippen LogP contribution in [0, 0.1) is 42.9 Å². The molecule has 0 bridgehead atoms. The first kappa shape index (κ1) is 19.4. The topological polar surface area (TPSA) is 166 Å². The highest BCUT2D eigenvalue weighted by Crippen LogP contribution is 2.26. The molecule has 1 aliphatic heterocycles. The Kier molecular flexibility index (Phi) is 5.46. The van der Waals surface area contributed by atoms with E-state index in [4.69, 9.17) is 0 Å². The highest BCUT2D eigenvalue weighted by molar-refractivity contribution is 5.59. The van der Waals surface area contributed by atoms with E-state index in [9.17, 15) is 30.8 Å². The van der Waals surface area contributed by atoms with Crippen molar-refractivity contribution >= 4 is 23.0 Å². The zero-order chi connectivity index (χ0) is 21.0. The van der Waals surface area contributed by atoms with Gasteiger partial charge in [-0.2, -0.15) is 10.5 Å². The van der Waals surface area contributed by atoms with Crippen LogP contribution in [-0.4, -0.2) is 46.0 Å². The van der Waals surface area contributed by atoms with Crippen LogP contribution in [-0.2, 0) is 0 Å². The van der Waals surface area contributed by atoms with Crippen LogP contribution in [0.15, 0.2) is 24.5 Å². The first-order valence-electron chi connectivity index (χ1n) is 8.53. The van der Waals surface area contributed by atoms with Gasteiger partial charge in [-0.25, -0.2) is 9.97 Å². The predicted octanol–water partition coefficient (Wildman–Crippen LogP) is 1.75. The molecule has 12 heteroatoms. The van der Waals surface area contributed by atoms with Crippen LogP contribution in [0.4, 0.5) is 23.0 Å². The zero-order valence-corrected chi connectivity index (χ0v) is 15.1. The Morgan fingerprint density at radius 2 is 1.24 bits per heavy atom. The summed E-state index contributed by atoms with van der Waals surface area (Å²) in [5.74, 6) is 0.717. The third kappa shape index (κ3) is 4.01. The highest BCUT2D eigenvalue weighted by atomic mass is 16.6. The summed E-state index contributed by atoms with van der Waals surface area (Å²) in [6, 6.07) is 6.27. The lowest BCUT2D eigenvalue weighted by Gasteiger charge is -2.24. The van der Waals surface area contributed by atoms with Gasteiger partial charge in [-0.3, -0.25) is 20.2 Å². The number of pyridine rings is 2. The van der Waals surface area contributed by atoms with Crippen LogP contribution in [0.3, 0.4) is 0 Å². The lowest BCUT2D eigenvalue weighted by molar-refractivity contribution is -0.385. The summed E-state index contributed by atoms with van der Waals surface area (Å²) >= 11 is 0. The first-order valence-corrected chi connectivity index (χ1v) is 8.53. The van der Waals surface area contributed by atoms with Gasteiger partial charge in [0.05, 0.1) is 9.85 Å². The van der Waals surface area contributed by atoms with E-state index in [-0.39, 0.29) is 22.5 Å². The fourth-order valence-electron chi connectivity index (χ4n) is 3.10. The number of hydrogen-bond donors (Lipinski definition) is 0. The van der Waals surface area contributed by atoms with Gasteiger partial charge in [-0.15, -0.1) is 0 Å². The van der Waals surface area contributed by atoms with Gasteiger partial charge < -0.3 is 9.80 Å². The molecule has 0 saturated carbocycles. The molecule has 0 radical (unpaired) electrons. The maximum Gasteiger partial charge on any atom is 0.289 e. The number of aromatic nitrogens is 2. The molecule has 0 aromatic carbocycles. The van der Waals surface area contributed by atoms with E-state index >= 15 is 0 Å². The summed E-state index contributed by atoms with van der Waals surface area (Å²) in [4.78, 5) is 32.5. The van der Waals surface area contributed by atoms with Gasteiger partial charge in [-0.05, 0) is 6.42 Å². The average Bonchev–Trinajstić information content (AvgIpc) is 2.98. The minimum absolute atomic E-state index is 0.110. The van der Waals surface area contributed by atoms with Crippen molar-refractivity contribution in [2.75, 3.05) is 36.0 Å². The molecular weight excluding hydrogens is 380 g/mol. The largest absolute Gasteiger partial charge is 0.354 e. The summed E-state index contributed by atoms with van der Waals surface area (Å²) in [5.41, 5.74) is -0.288. The van der Waals surface area contributed by atoms with E-state index in [1.807, 2.05) is 21.9 Å². The smallest absolute Gasteiger partial charge is 0.289 e. The van der Waals surface area contributed by atoms with E-state index in [1.165, 1.54) is 12.1 Å². The molecule has 3 heterocycles. The molecule has 2 aromatic rings. The fourth-order valence-corrected chi connectivity index (χ4v) is 3.10. The summed E-state index contributed by atoms with van der Waals surface area (Å²) < 4.78 is 0. The van der Waals surface area contributed by atoms with Crippen molar-refractivity contribution in [3.05, 3.63) is 55.9 Å². The molecule has 1 aliphatic rings. The molecule has 29 heavy (non-hydrogen) atoms. The van der Waals surface area contributed by atoms with Crippen LogP contribution < -0.4 is 9.80 Å². The Labute approximate surface area is 164 Å². The average molecular weight is 394 g/mol. The van der Waals surface area contributed by atoms with Gasteiger partial charge in [0.25, 0.3) is 11.4 Å². The van der Waals surface area contributed by atoms with Crippen LogP contribution in [0.2, 0.25) is 0 Å². The number of anilines is 2. The number of rotatable bonds is 4. The van der Waals surface area contributed by atoms with Crippen molar-refractivity contribution < 1.29 is 9.85 Å². The fraction of sp³-hybridized carbons (Fsp3) is 0.294. The SMILES string of the molecule is N#Cc1cc([N+](=O)[O-])cnc1N1CCCN(c2ncc([N+](=O)[O-])cc2C#N)CC1. The van der Waals surface area contributed by atoms with E-state index < -0.39 is 9.85 Å². The van der Waals surface area contributed by atoms with Gasteiger partial charge in [-0.1, -0.05) is 0 Å². The second-order valence-corrected chi connectivity index (χ2v) is 6.19. The zero-order valence-electron chi connectivity index (χ0n) is 15.1. The summed E-state index contributed by atoms with van der Waals surface area (Å²) in [7, 11) is 0. The molecule has 0 amide bonds. The monoisotopic (exact) mass is 394 g/mol. The molecule has 0 N–H and O–H groups in total. The normalized spacial score (nSPS) is 13.9. The van der Waals surface area contributed by atoms with Crippen LogP contribution in [0.25, 0.3) is 0 Å². The highest BCUT2D eigenvalue weighted by Gasteiger charge is 2.23. The Morgan fingerprint density at radius 1 is 0.828 bits per heavy atom. The van der Waals surface area contributed by atoms with Gasteiger partial charge in [0, 0.05) is 38.3 Å². The van der Waals surface area contributed by atoms with Gasteiger partial charge in [0.1, 0.15) is 47.3 Å². The molecular formula is C17H14N8O4. The first-order chi connectivity index (χ1) is 13.9. The molecule has 12 nitrogen and oxygen atoms in total. The molecule has 0 unspecified atom stereocenters. The molecule has 146 valence electrons. The Hall–Kier alpha value is -4.32. The third-order valence-electron chi connectivity index (χ3n) is 4.46. The summed E-state index contributed by atoms with van der Waals surface area (Å²) in [6.07, 6.45) is 2.88. The van der Waals surface area contributed by atoms with Gasteiger partial charge in [0.15, 0.2) is 0 Å². The molecule has 0 spiro atoms. The lowest BCUT2D eigenvalue weighted by atomic mass is 10.2. The van der Waals surface area contributed by atoms with E-state index in [0.29, 0.717) is 44.2 Å². The third-order valence-corrected chi connectivity index (χ3v) is 4.46. The second-order valence-electron chi connectivity index (χ2n) is 6.19. The minimum Gasteiger partial charge on any atom is -0.354 e. The number of nitro groups is 2. The Balaban J connectivity index is 1.83. The van der Waals surface area contributed by atoms with Gasteiger partial charge in [0.2, 0.25) is 0 Å². The molecule has 2 aromatic heterocycles. The molecule has 3 rings (SSSR count). The van der Waals surface area contributed by atoms with Gasteiger partial charge >= 0.3 is 0 Å². The molecule has 0 atom stereocenters. The van der Waals surface area contributed by atoms with Crippen molar-refractivity contribution in [1.82, 2.24) is 9.97 Å².